The molecule has 140 valence electrons. The second-order valence-electron chi connectivity index (χ2n) is 5.86. The Kier molecular flexibility index (Phi) is 6.31. The molecule has 0 saturated heterocycles. The summed E-state index contributed by atoms with van der Waals surface area (Å²) in [5.74, 6) is -2.01. The SMILES string of the molecule is Cc1c(NC(=O)C[C@H]([NH2+]CCO)C(=O)[O-])c(=O)n(-c2ccccc2)n1C. The largest absolute Gasteiger partial charge is 0.544 e. The van der Waals surface area contributed by atoms with E-state index in [-0.39, 0.29) is 25.3 Å². The van der Waals surface area contributed by atoms with Crippen molar-refractivity contribution < 1.29 is 25.1 Å². The molecule has 1 atom stereocenters. The number of nitrogens with one attached hydrogen (secondary N) is 1. The first-order valence-corrected chi connectivity index (χ1v) is 8.15. The van der Waals surface area contributed by atoms with Crippen LogP contribution >= 0.6 is 0 Å². The molecule has 0 aliphatic carbocycles. The molecule has 9 heteroatoms. The van der Waals surface area contributed by atoms with E-state index >= 15 is 0 Å². The number of quaternary nitrogens is 1. The summed E-state index contributed by atoms with van der Waals surface area (Å²) in [6, 6.07) is 7.82. The highest BCUT2D eigenvalue weighted by molar-refractivity contribution is 5.93. The zero-order valence-corrected chi connectivity index (χ0v) is 14.6. The quantitative estimate of drug-likeness (QED) is 0.477. The minimum absolute atomic E-state index is 0.0978. The normalized spacial score (nSPS) is 12.0. The Labute approximate surface area is 149 Å². The van der Waals surface area contributed by atoms with E-state index in [0.717, 1.165) is 0 Å². The highest BCUT2D eigenvalue weighted by Gasteiger charge is 2.22. The molecule has 0 radical (unpaired) electrons. The number of benzene rings is 1. The standard InChI is InChI=1S/C17H22N4O5/c1-11-15(19-14(23)10-13(17(25)26)18-8-9-22)16(24)21(20(11)2)12-6-4-3-5-7-12/h3-7,13,18,22H,8-10H2,1-2H3,(H,19,23)(H,25,26)/t13-/m0/s1. The van der Waals surface area contributed by atoms with Crippen LogP contribution in [-0.2, 0) is 16.6 Å². The highest BCUT2D eigenvalue weighted by atomic mass is 16.4. The van der Waals surface area contributed by atoms with Crippen molar-refractivity contribution in [2.45, 2.75) is 19.4 Å². The Bertz CT molecular complexity index is 841. The number of aliphatic hydroxyl groups is 1. The first-order chi connectivity index (χ1) is 12.4. The molecule has 0 bridgehead atoms. The Hall–Kier alpha value is -2.91. The number of carbonyl (C=O) groups is 2. The Morgan fingerprint density at radius 2 is 1.96 bits per heavy atom. The molecule has 0 unspecified atom stereocenters. The van der Waals surface area contributed by atoms with Gasteiger partial charge in [-0.3, -0.25) is 14.3 Å². The number of nitrogens with two attached hydrogens (primary N) is 1. The first-order valence-electron chi connectivity index (χ1n) is 8.15. The summed E-state index contributed by atoms with van der Waals surface area (Å²) >= 11 is 0. The highest BCUT2D eigenvalue weighted by Crippen LogP contribution is 2.14. The lowest BCUT2D eigenvalue weighted by Gasteiger charge is -2.15. The molecule has 0 saturated carbocycles. The molecule has 26 heavy (non-hydrogen) atoms. The molecular weight excluding hydrogens is 340 g/mol. The van der Waals surface area contributed by atoms with Crippen molar-refractivity contribution in [3.8, 4) is 5.69 Å². The maximum Gasteiger partial charge on any atom is 0.295 e. The van der Waals surface area contributed by atoms with E-state index in [4.69, 9.17) is 5.11 Å². The lowest BCUT2D eigenvalue weighted by Crippen LogP contribution is -2.94. The number of aromatic nitrogens is 2. The van der Waals surface area contributed by atoms with Gasteiger partial charge in [0.2, 0.25) is 5.91 Å². The number of para-hydroxylation sites is 1. The van der Waals surface area contributed by atoms with Crippen LogP contribution in [0, 0.1) is 6.92 Å². The third kappa shape index (κ3) is 4.19. The van der Waals surface area contributed by atoms with Crippen LogP contribution in [0.1, 0.15) is 12.1 Å². The summed E-state index contributed by atoms with van der Waals surface area (Å²) in [6.45, 7) is 1.60. The van der Waals surface area contributed by atoms with Gasteiger partial charge >= 0.3 is 0 Å². The number of carboxylic acids is 1. The Morgan fingerprint density at radius 1 is 1.31 bits per heavy atom. The van der Waals surface area contributed by atoms with E-state index in [1.807, 2.05) is 6.07 Å². The lowest BCUT2D eigenvalue weighted by atomic mass is 10.2. The number of hydrogen-bond acceptors (Lipinski definition) is 5. The molecule has 0 fully saturated rings. The average Bonchev–Trinajstić information content (AvgIpc) is 2.82. The number of hydrogen-bond donors (Lipinski definition) is 3. The molecule has 2 aromatic rings. The predicted octanol–water partition coefficient (Wildman–Crippen LogP) is -2.51. The maximum absolute atomic E-state index is 12.7. The second kappa shape index (κ2) is 8.45. The number of carboxylic acid groups (broad SMARTS) is 1. The molecular formula is C17H22N4O5. The van der Waals surface area contributed by atoms with E-state index in [1.165, 1.54) is 10.00 Å². The summed E-state index contributed by atoms with van der Waals surface area (Å²) < 4.78 is 3.03. The molecule has 1 amide bonds. The number of nitrogens with zero attached hydrogens (tertiary/aromatic N) is 2. The van der Waals surface area contributed by atoms with E-state index in [2.05, 4.69) is 5.32 Å². The van der Waals surface area contributed by atoms with Gasteiger partial charge < -0.3 is 25.6 Å². The first kappa shape index (κ1) is 19.4. The van der Waals surface area contributed by atoms with Crippen LogP contribution in [0.5, 0.6) is 0 Å². The van der Waals surface area contributed by atoms with Gasteiger partial charge in [-0.25, -0.2) is 4.68 Å². The van der Waals surface area contributed by atoms with Crippen molar-refractivity contribution >= 4 is 17.6 Å². The van der Waals surface area contributed by atoms with Gasteiger partial charge in [-0.15, -0.1) is 0 Å². The molecule has 0 spiro atoms. The van der Waals surface area contributed by atoms with Crippen LogP contribution in [0.25, 0.3) is 5.69 Å². The minimum atomic E-state index is -1.40. The molecule has 0 aliphatic rings. The van der Waals surface area contributed by atoms with Crippen LogP contribution < -0.4 is 21.3 Å². The van der Waals surface area contributed by atoms with Crippen molar-refractivity contribution in [1.82, 2.24) is 9.36 Å². The Balaban J connectivity index is 2.23. The van der Waals surface area contributed by atoms with Crippen LogP contribution in [-0.4, -0.2) is 45.5 Å². The third-order valence-electron chi connectivity index (χ3n) is 4.11. The number of aliphatic hydroxyl groups excluding tert-OH is 1. The fourth-order valence-electron chi connectivity index (χ4n) is 2.64. The number of carbonyl (C=O) groups excluding carboxylic acids is 2. The fourth-order valence-corrected chi connectivity index (χ4v) is 2.64. The van der Waals surface area contributed by atoms with Crippen molar-refractivity contribution in [2.24, 2.45) is 7.05 Å². The number of rotatable bonds is 8. The maximum atomic E-state index is 12.7. The molecule has 1 aromatic carbocycles. The molecule has 1 aromatic heterocycles. The van der Waals surface area contributed by atoms with Gasteiger partial charge in [0.25, 0.3) is 5.56 Å². The average molecular weight is 362 g/mol. The van der Waals surface area contributed by atoms with Crippen molar-refractivity contribution in [3.63, 3.8) is 0 Å². The van der Waals surface area contributed by atoms with Gasteiger partial charge in [0.05, 0.1) is 36.9 Å². The predicted molar refractivity (Wildman–Crippen MR) is 91.7 cm³/mol. The van der Waals surface area contributed by atoms with E-state index < -0.39 is 23.5 Å². The van der Waals surface area contributed by atoms with Crippen molar-refractivity contribution in [2.75, 3.05) is 18.5 Å². The Morgan fingerprint density at radius 3 is 2.54 bits per heavy atom. The van der Waals surface area contributed by atoms with Crippen LogP contribution in [0.4, 0.5) is 5.69 Å². The van der Waals surface area contributed by atoms with Gasteiger partial charge in [-0.1, -0.05) is 18.2 Å². The third-order valence-corrected chi connectivity index (χ3v) is 4.11. The molecule has 9 nitrogen and oxygen atoms in total. The number of aliphatic carboxylic acids is 1. The summed E-state index contributed by atoms with van der Waals surface area (Å²) in [5.41, 5.74) is 0.874. The second-order valence-corrected chi connectivity index (χ2v) is 5.86. The molecule has 2 rings (SSSR count). The smallest absolute Gasteiger partial charge is 0.295 e. The van der Waals surface area contributed by atoms with Crippen molar-refractivity contribution in [1.29, 1.82) is 0 Å². The van der Waals surface area contributed by atoms with Crippen LogP contribution in [0.3, 0.4) is 0 Å². The number of anilines is 1. The topological polar surface area (TPSA) is 133 Å². The van der Waals surface area contributed by atoms with E-state index in [0.29, 0.717) is 11.4 Å². The summed E-state index contributed by atoms with van der Waals surface area (Å²) in [5, 5.41) is 23.7. The van der Waals surface area contributed by atoms with Gasteiger partial charge in [-0.2, -0.15) is 0 Å². The van der Waals surface area contributed by atoms with Crippen molar-refractivity contribution in [3.05, 3.63) is 46.4 Å². The fraction of sp³-hybridized carbons (Fsp3) is 0.353. The van der Waals surface area contributed by atoms with Gasteiger partial charge in [0.1, 0.15) is 11.7 Å². The van der Waals surface area contributed by atoms with Gasteiger partial charge in [0.15, 0.2) is 0 Å². The zero-order chi connectivity index (χ0) is 19.3. The molecule has 1 heterocycles. The number of amides is 1. The molecule has 4 N–H and O–H groups in total. The summed E-state index contributed by atoms with van der Waals surface area (Å²) in [4.78, 5) is 36.0. The van der Waals surface area contributed by atoms with Crippen LogP contribution in [0.15, 0.2) is 35.1 Å². The van der Waals surface area contributed by atoms with Gasteiger partial charge in [0, 0.05) is 7.05 Å². The van der Waals surface area contributed by atoms with E-state index in [9.17, 15) is 19.5 Å². The minimum Gasteiger partial charge on any atom is -0.544 e. The monoisotopic (exact) mass is 362 g/mol. The summed E-state index contributed by atoms with van der Waals surface area (Å²) in [7, 11) is 1.69. The van der Waals surface area contributed by atoms with Gasteiger partial charge in [-0.05, 0) is 19.1 Å². The molecule has 0 aliphatic heterocycles. The van der Waals surface area contributed by atoms with Crippen LogP contribution in [0.2, 0.25) is 0 Å². The summed E-state index contributed by atoms with van der Waals surface area (Å²) in [6.07, 6.45) is -0.374. The van der Waals surface area contributed by atoms with E-state index in [1.54, 1.807) is 42.9 Å². The zero-order valence-electron chi connectivity index (χ0n) is 14.6. The lowest BCUT2D eigenvalue weighted by molar-refractivity contribution is -0.683.